The molecular weight excluding hydrogens is 110 g/mol. The van der Waals surface area contributed by atoms with E-state index in [0.29, 0.717) is 12.5 Å². The predicted molar refractivity (Wildman–Crippen MR) is 42.2 cm³/mol. The maximum Gasteiger partial charge on any atom is -0.00113 e. The van der Waals surface area contributed by atoms with E-state index < -0.39 is 0 Å². The van der Waals surface area contributed by atoms with Crippen LogP contribution in [-0.2, 0) is 0 Å². The fraction of sp³-hybridized carbons (Fsp3) is 0.500. The van der Waals surface area contributed by atoms with Gasteiger partial charge in [-0.25, -0.2) is 0 Å². The Morgan fingerprint density at radius 2 is 2.33 bits per heavy atom. The first-order valence-corrected chi connectivity index (χ1v) is 3.29. The number of nitrogens with two attached hydrogens (primary N) is 1. The van der Waals surface area contributed by atoms with Gasteiger partial charge in [-0.15, -0.1) is 6.58 Å². The predicted octanol–water partition coefficient (Wildman–Crippen LogP) is 1.71. The van der Waals surface area contributed by atoms with Crippen LogP contribution in [0.3, 0.4) is 0 Å². The molecule has 0 amide bonds. The Labute approximate surface area is 57.3 Å². The van der Waals surface area contributed by atoms with Crippen LogP contribution in [0.25, 0.3) is 0 Å². The molecule has 0 spiro atoms. The van der Waals surface area contributed by atoms with Crippen molar-refractivity contribution >= 4 is 0 Å². The second kappa shape index (κ2) is 5.57. The van der Waals surface area contributed by atoms with E-state index in [9.17, 15) is 0 Å². The summed E-state index contributed by atoms with van der Waals surface area (Å²) >= 11 is 0. The summed E-state index contributed by atoms with van der Waals surface area (Å²) < 4.78 is 0. The van der Waals surface area contributed by atoms with E-state index in [4.69, 9.17) is 5.73 Å². The minimum absolute atomic E-state index is 0.459. The number of rotatable bonds is 4. The second-order valence-corrected chi connectivity index (χ2v) is 2.04. The lowest BCUT2D eigenvalue weighted by Gasteiger charge is -2.03. The molecule has 0 saturated carbocycles. The molecule has 0 radical (unpaired) electrons. The normalized spacial score (nSPS) is 14.0. The quantitative estimate of drug-likeness (QED) is 0.569. The smallest absolute Gasteiger partial charge is 0.00113 e. The van der Waals surface area contributed by atoms with Crippen molar-refractivity contribution in [2.75, 3.05) is 6.54 Å². The molecule has 1 atom stereocenters. The van der Waals surface area contributed by atoms with Gasteiger partial charge in [0.15, 0.2) is 0 Å². The molecule has 0 aromatic carbocycles. The lowest BCUT2D eigenvalue weighted by Crippen LogP contribution is -2.10. The van der Waals surface area contributed by atoms with Crippen LogP contribution < -0.4 is 5.73 Å². The summed E-state index contributed by atoms with van der Waals surface area (Å²) in [5.74, 6) is 0.459. The summed E-state index contributed by atoms with van der Waals surface area (Å²) in [5, 5.41) is 0. The van der Waals surface area contributed by atoms with Crippen LogP contribution in [0.15, 0.2) is 24.8 Å². The van der Waals surface area contributed by atoms with E-state index in [1.807, 2.05) is 19.1 Å². The average molecular weight is 125 g/mol. The third-order valence-electron chi connectivity index (χ3n) is 1.31. The summed E-state index contributed by atoms with van der Waals surface area (Å²) in [5.41, 5.74) is 5.42. The summed E-state index contributed by atoms with van der Waals surface area (Å²) in [6.07, 6.45) is 7.07. The Morgan fingerprint density at radius 3 is 2.67 bits per heavy atom. The Morgan fingerprint density at radius 1 is 1.67 bits per heavy atom. The zero-order chi connectivity index (χ0) is 7.11. The van der Waals surface area contributed by atoms with Crippen molar-refractivity contribution < 1.29 is 0 Å². The largest absolute Gasteiger partial charge is 0.330 e. The number of hydrogen-bond donors (Lipinski definition) is 1. The van der Waals surface area contributed by atoms with E-state index in [-0.39, 0.29) is 0 Å². The zero-order valence-corrected chi connectivity index (χ0v) is 6.01. The van der Waals surface area contributed by atoms with E-state index in [2.05, 4.69) is 12.7 Å². The molecule has 0 unspecified atom stereocenters. The van der Waals surface area contributed by atoms with Gasteiger partial charge in [0, 0.05) is 0 Å². The van der Waals surface area contributed by atoms with Gasteiger partial charge in [0.05, 0.1) is 0 Å². The molecule has 0 aliphatic rings. The van der Waals surface area contributed by atoms with Crippen LogP contribution in [0.4, 0.5) is 0 Å². The third kappa shape index (κ3) is 3.98. The fourth-order valence-electron chi connectivity index (χ4n) is 0.600. The molecule has 0 saturated heterocycles. The average Bonchev–Trinajstić information content (AvgIpc) is 1.91. The van der Waals surface area contributed by atoms with Gasteiger partial charge in [-0.1, -0.05) is 18.2 Å². The standard InChI is InChI=1S/C8H15N/c1-3-5-6-8(4-2)7-9/h3-5,8H,2,6-7,9H2,1H3/b5-3-/t8-/m0/s1. The monoisotopic (exact) mass is 125 g/mol. The summed E-state index contributed by atoms with van der Waals surface area (Å²) in [6.45, 7) is 6.38. The molecule has 0 aliphatic heterocycles. The molecule has 52 valence electrons. The van der Waals surface area contributed by atoms with E-state index in [1.54, 1.807) is 0 Å². The molecular formula is C8H15N. The van der Waals surface area contributed by atoms with Gasteiger partial charge in [0.25, 0.3) is 0 Å². The van der Waals surface area contributed by atoms with Gasteiger partial charge >= 0.3 is 0 Å². The highest BCUT2D eigenvalue weighted by Gasteiger charge is 1.95. The van der Waals surface area contributed by atoms with Gasteiger partial charge in [0.1, 0.15) is 0 Å². The zero-order valence-electron chi connectivity index (χ0n) is 6.01. The van der Waals surface area contributed by atoms with Gasteiger partial charge in [0.2, 0.25) is 0 Å². The van der Waals surface area contributed by atoms with Gasteiger partial charge in [-0.2, -0.15) is 0 Å². The molecule has 0 rings (SSSR count). The maximum absolute atomic E-state index is 5.42. The molecule has 0 bridgehead atoms. The third-order valence-corrected chi connectivity index (χ3v) is 1.31. The van der Waals surface area contributed by atoms with Crippen molar-refractivity contribution in [3.05, 3.63) is 24.8 Å². The number of allylic oxidation sites excluding steroid dienone is 2. The summed E-state index contributed by atoms with van der Waals surface area (Å²) in [4.78, 5) is 0. The first-order valence-electron chi connectivity index (χ1n) is 3.29. The summed E-state index contributed by atoms with van der Waals surface area (Å²) in [7, 11) is 0. The molecule has 0 heterocycles. The van der Waals surface area contributed by atoms with Crippen LogP contribution in [0.5, 0.6) is 0 Å². The topological polar surface area (TPSA) is 26.0 Å². The van der Waals surface area contributed by atoms with E-state index in [0.717, 1.165) is 6.42 Å². The second-order valence-electron chi connectivity index (χ2n) is 2.04. The van der Waals surface area contributed by atoms with Crippen LogP contribution in [0, 0.1) is 5.92 Å². The van der Waals surface area contributed by atoms with Crippen molar-refractivity contribution in [1.82, 2.24) is 0 Å². The van der Waals surface area contributed by atoms with Gasteiger partial charge in [-0.3, -0.25) is 0 Å². The fourth-order valence-corrected chi connectivity index (χ4v) is 0.600. The van der Waals surface area contributed by atoms with E-state index >= 15 is 0 Å². The van der Waals surface area contributed by atoms with E-state index in [1.165, 1.54) is 0 Å². The lowest BCUT2D eigenvalue weighted by molar-refractivity contribution is 0.676. The van der Waals surface area contributed by atoms with Gasteiger partial charge in [-0.05, 0) is 25.8 Å². The van der Waals surface area contributed by atoms with Crippen molar-refractivity contribution in [2.24, 2.45) is 11.7 Å². The molecule has 9 heavy (non-hydrogen) atoms. The molecule has 1 nitrogen and oxygen atoms in total. The molecule has 0 fully saturated rings. The first kappa shape index (κ1) is 8.44. The maximum atomic E-state index is 5.42. The highest BCUT2D eigenvalue weighted by atomic mass is 14.5. The molecule has 1 heteroatoms. The SMILES string of the molecule is C=C[C@H](CN)C/C=C\C. The highest BCUT2D eigenvalue weighted by molar-refractivity contribution is 4.88. The molecule has 0 aromatic rings. The Bertz CT molecular complexity index is 94.7. The molecule has 2 N–H and O–H groups in total. The Hall–Kier alpha value is -0.560. The first-order chi connectivity index (χ1) is 4.35. The highest BCUT2D eigenvalue weighted by Crippen LogP contribution is 2.01. The Balaban J connectivity index is 3.42. The van der Waals surface area contributed by atoms with Crippen LogP contribution in [-0.4, -0.2) is 6.54 Å². The lowest BCUT2D eigenvalue weighted by atomic mass is 10.1. The van der Waals surface area contributed by atoms with Crippen molar-refractivity contribution in [1.29, 1.82) is 0 Å². The minimum Gasteiger partial charge on any atom is -0.330 e. The van der Waals surface area contributed by atoms with Crippen LogP contribution in [0.2, 0.25) is 0 Å². The Kier molecular flexibility index (Phi) is 5.23. The van der Waals surface area contributed by atoms with Gasteiger partial charge < -0.3 is 5.73 Å². The van der Waals surface area contributed by atoms with Crippen molar-refractivity contribution in [3.8, 4) is 0 Å². The molecule has 0 aromatic heterocycles. The van der Waals surface area contributed by atoms with Crippen LogP contribution >= 0.6 is 0 Å². The van der Waals surface area contributed by atoms with Crippen molar-refractivity contribution in [2.45, 2.75) is 13.3 Å². The van der Waals surface area contributed by atoms with Crippen molar-refractivity contribution in [3.63, 3.8) is 0 Å². The molecule has 0 aliphatic carbocycles. The summed E-state index contributed by atoms with van der Waals surface area (Å²) in [6, 6.07) is 0. The number of hydrogen-bond acceptors (Lipinski definition) is 1. The minimum atomic E-state index is 0.459. The van der Waals surface area contributed by atoms with Crippen LogP contribution in [0.1, 0.15) is 13.3 Å².